The van der Waals surface area contributed by atoms with Crippen LogP contribution in [0.2, 0.25) is 0 Å². The van der Waals surface area contributed by atoms with E-state index in [4.69, 9.17) is 15.9 Å². The number of thiophene rings is 1. The van der Waals surface area contributed by atoms with Crippen molar-refractivity contribution < 1.29 is 4.42 Å². The molecule has 21 heavy (non-hydrogen) atoms. The van der Waals surface area contributed by atoms with Crippen LogP contribution in [0.15, 0.2) is 39.1 Å². The molecule has 0 aromatic carbocycles. The van der Waals surface area contributed by atoms with Gasteiger partial charge >= 0.3 is 0 Å². The highest BCUT2D eigenvalue weighted by Gasteiger charge is 2.34. The van der Waals surface area contributed by atoms with Crippen LogP contribution in [0.25, 0.3) is 0 Å². The predicted octanol–water partition coefficient (Wildman–Crippen LogP) is 2.60. The van der Waals surface area contributed by atoms with Crippen molar-refractivity contribution >= 4 is 23.0 Å². The number of nitrogens with two attached hydrogens (primary N) is 2. The van der Waals surface area contributed by atoms with Crippen molar-refractivity contribution in [3.63, 3.8) is 0 Å². The van der Waals surface area contributed by atoms with Gasteiger partial charge < -0.3 is 15.9 Å². The molecule has 2 heterocycles. The van der Waals surface area contributed by atoms with E-state index in [9.17, 15) is 0 Å². The van der Waals surface area contributed by atoms with Gasteiger partial charge in [-0.3, -0.25) is 0 Å². The van der Waals surface area contributed by atoms with Gasteiger partial charge in [-0.2, -0.15) is 5.10 Å². The minimum atomic E-state index is -0.0335. The topological polar surface area (TPSA) is 89.9 Å². The van der Waals surface area contributed by atoms with E-state index < -0.39 is 0 Å². The summed E-state index contributed by atoms with van der Waals surface area (Å²) in [6, 6.07) is 6.27. The van der Waals surface area contributed by atoms with Gasteiger partial charge in [-0.15, -0.1) is 16.4 Å². The molecule has 0 aliphatic heterocycles. The maximum atomic E-state index is 5.61. The standard InChI is InChI=1S/C15H18N4OS/c1-8-3-4-13(21-8)11-7-12-10(5-6-20-12)14(9(11)2)18-19-15(16)17/h3-6,9,11H,7H2,1-2H3,(H4,16,17,19)/b18-14-. The number of aryl methyl sites for hydroxylation is 1. The first-order valence-corrected chi connectivity index (χ1v) is 7.67. The molecule has 0 spiro atoms. The van der Waals surface area contributed by atoms with Crippen LogP contribution in [0, 0.1) is 12.8 Å². The third kappa shape index (κ3) is 2.58. The van der Waals surface area contributed by atoms with Crippen molar-refractivity contribution in [1.29, 1.82) is 0 Å². The van der Waals surface area contributed by atoms with E-state index in [0.717, 1.165) is 23.5 Å². The van der Waals surface area contributed by atoms with Crippen LogP contribution in [-0.2, 0) is 6.42 Å². The lowest BCUT2D eigenvalue weighted by Gasteiger charge is -2.28. The molecule has 2 atom stereocenters. The molecule has 2 aromatic heterocycles. The molecule has 0 amide bonds. The minimum absolute atomic E-state index is 0.0335. The summed E-state index contributed by atoms with van der Waals surface area (Å²) in [5.74, 6) is 1.49. The Kier molecular flexibility index (Phi) is 3.55. The Labute approximate surface area is 127 Å². The number of rotatable bonds is 2. The van der Waals surface area contributed by atoms with Crippen LogP contribution >= 0.6 is 11.3 Å². The molecule has 0 radical (unpaired) electrons. The van der Waals surface area contributed by atoms with Gasteiger partial charge in [-0.1, -0.05) is 6.92 Å². The quantitative estimate of drug-likeness (QED) is 0.507. The van der Waals surface area contributed by atoms with Gasteiger partial charge in [-0.25, -0.2) is 0 Å². The van der Waals surface area contributed by atoms with E-state index in [0.29, 0.717) is 5.92 Å². The molecule has 1 aliphatic carbocycles. The molecule has 2 unspecified atom stereocenters. The van der Waals surface area contributed by atoms with Crippen molar-refractivity contribution in [2.24, 2.45) is 27.6 Å². The summed E-state index contributed by atoms with van der Waals surface area (Å²) in [5, 5.41) is 8.09. The molecule has 0 saturated heterocycles. The molecule has 6 heteroatoms. The van der Waals surface area contributed by atoms with E-state index in [2.05, 4.69) is 36.2 Å². The normalized spacial score (nSPS) is 23.0. The minimum Gasteiger partial charge on any atom is -0.469 e. The SMILES string of the molecule is Cc1ccc(C2Cc3occc3/C(=N\N=C(N)N)C2C)s1. The molecule has 3 rings (SSSR count). The molecular weight excluding hydrogens is 284 g/mol. The highest BCUT2D eigenvalue weighted by atomic mass is 32.1. The highest BCUT2D eigenvalue weighted by molar-refractivity contribution is 7.12. The van der Waals surface area contributed by atoms with Crippen LogP contribution in [0.1, 0.15) is 33.9 Å². The fourth-order valence-electron chi connectivity index (χ4n) is 2.80. The van der Waals surface area contributed by atoms with E-state index in [1.165, 1.54) is 9.75 Å². The summed E-state index contributed by atoms with van der Waals surface area (Å²) in [6.07, 6.45) is 2.58. The van der Waals surface area contributed by atoms with Crippen LogP contribution in [0.3, 0.4) is 0 Å². The van der Waals surface area contributed by atoms with E-state index in [-0.39, 0.29) is 11.9 Å². The number of fused-ring (bicyclic) bond motifs is 1. The van der Waals surface area contributed by atoms with Crippen molar-refractivity contribution in [2.75, 3.05) is 0 Å². The summed E-state index contributed by atoms with van der Waals surface area (Å²) in [5.41, 5.74) is 12.7. The molecule has 0 bridgehead atoms. The van der Waals surface area contributed by atoms with Crippen molar-refractivity contribution in [2.45, 2.75) is 26.2 Å². The van der Waals surface area contributed by atoms with Gasteiger partial charge in [0.2, 0.25) is 5.96 Å². The highest BCUT2D eigenvalue weighted by Crippen LogP contribution is 2.40. The number of nitrogens with zero attached hydrogens (tertiary/aromatic N) is 2. The maximum Gasteiger partial charge on any atom is 0.211 e. The Morgan fingerprint density at radius 3 is 2.81 bits per heavy atom. The summed E-state index contributed by atoms with van der Waals surface area (Å²) in [4.78, 5) is 2.66. The van der Waals surface area contributed by atoms with E-state index >= 15 is 0 Å². The lowest BCUT2D eigenvalue weighted by Crippen LogP contribution is -2.28. The average Bonchev–Trinajstić information content (AvgIpc) is 3.05. The number of hydrogen-bond acceptors (Lipinski definition) is 4. The molecule has 1 aliphatic rings. The van der Waals surface area contributed by atoms with Gasteiger partial charge in [0.1, 0.15) is 5.76 Å². The third-order valence-electron chi connectivity index (χ3n) is 3.86. The zero-order valence-electron chi connectivity index (χ0n) is 12.0. The Balaban J connectivity index is 2.04. The van der Waals surface area contributed by atoms with Crippen LogP contribution < -0.4 is 11.5 Å². The zero-order valence-corrected chi connectivity index (χ0v) is 12.9. The second-order valence-electron chi connectivity index (χ2n) is 5.32. The second kappa shape index (κ2) is 5.37. The lowest BCUT2D eigenvalue weighted by atomic mass is 9.77. The fraction of sp³-hybridized carbons (Fsp3) is 0.333. The largest absolute Gasteiger partial charge is 0.469 e. The Bertz CT molecular complexity index is 709. The van der Waals surface area contributed by atoms with Crippen LogP contribution in [0.5, 0.6) is 0 Å². The first-order valence-electron chi connectivity index (χ1n) is 6.86. The molecule has 110 valence electrons. The number of furan rings is 1. The van der Waals surface area contributed by atoms with Crippen LogP contribution in [-0.4, -0.2) is 11.7 Å². The number of guanidine groups is 1. The van der Waals surface area contributed by atoms with Crippen molar-refractivity contribution in [1.82, 2.24) is 0 Å². The van der Waals surface area contributed by atoms with Crippen molar-refractivity contribution in [3.05, 3.63) is 45.5 Å². The molecular formula is C15H18N4OS. The smallest absolute Gasteiger partial charge is 0.211 e. The van der Waals surface area contributed by atoms with E-state index in [1.54, 1.807) is 6.26 Å². The summed E-state index contributed by atoms with van der Waals surface area (Å²) in [6.45, 7) is 4.28. The Morgan fingerprint density at radius 2 is 2.14 bits per heavy atom. The predicted molar refractivity (Wildman–Crippen MR) is 85.7 cm³/mol. The Hall–Kier alpha value is -2.08. The van der Waals surface area contributed by atoms with Gasteiger partial charge in [-0.05, 0) is 25.1 Å². The molecule has 0 saturated carbocycles. The fourth-order valence-corrected chi connectivity index (χ4v) is 3.88. The second-order valence-corrected chi connectivity index (χ2v) is 6.63. The average molecular weight is 302 g/mol. The van der Waals surface area contributed by atoms with Crippen LogP contribution in [0.4, 0.5) is 0 Å². The van der Waals surface area contributed by atoms with Gasteiger partial charge in [0.05, 0.1) is 12.0 Å². The van der Waals surface area contributed by atoms with Gasteiger partial charge in [0.25, 0.3) is 0 Å². The maximum absolute atomic E-state index is 5.61. The molecule has 5 nitrogen and oxygen atoms in total. The van der Waals surface area contributed by atoms with E-state index in [1.807, 2.05) is 17.4 Å². The first-order chi connectivity index (χ1) is 10.1. The lowest BCUT2D eigenvalue weighted by molar-refractivity contribution is 0.452. The monoisotopic (exact) mass is 302 g/mol. The van der Waals surface area contributed by atoms with Gasteiger partial charge in [0.15, 0.2) is 0 Å². The Morgan fingerprint density at radius 1 is 1.33 bits per heavy atom. The summed E-state index contributed by atoms with van der Waals surface area (Å²) >= 11 is 1.82. The first kappa shape index (κ1) is 13.9. The van der Waals surface area contributed by atoms with Crippen molar-refractivity contribution in [3.8, 4) is 0 Å². The number of hydrogen-bond donors (Lipinski definition) is 2. The molecule has 4 N–H and O–H groups in total. The molecule has 0 fully saturated rings. The molecule has 2 aromatic rings. The summed E-state index contributed by atoms with van der Waals surface area (Å²) in [7, 11) is 0. The zero-order chi connectivity index (χ0) is 15.0. The van der Waals surface area contributed by atoms with Gasteiger partial charge in [0, 0.05) is 33.6 Å². The third-order valence-corrected chi connectivity index (χ3v) is 4.99. The summed E-state index contributed by atoms with van der Waals surface area (Å²) < 4.78 is 5.61.